The Morgan fingerprint density at radius 2 is 2.07 bits per heavy atom. The molecule has 1 N–H and O–H groups in total. The quantitative estimate of drug-likeness (QED) is 0.872. The molecule has 0 unspecified atom stereocenters. The van der Waals surface area contributed by atoms with Gasteiger partial charge in [0.1, 0.15) is 5.82 Å². The van der Waals surface area contributed by atoms with E-state index in [9.17, 15) is 4.79 Å². The van der Waals surface area contributed by atoms with Gasteiger partial charge in [0.2, 0.25) is 5.82 Å². The number of benzene rings is 1. The minimum Gasteiger partial charge on any atom is -0.347 e. The lowest BCUT2D eigenvalue weighted by Gasteiger charge is -2.42. The highest BCUT2D eigenvalue weighted by molar-refractivity contribution is 5.91. The van der Waals surface area contributed by atoms with Crippen LogP contribution in [0.4, 0.5) is 0 Å². The summed E-state index contributed by atoms with van der Waals surface area (Å²) in [7, 11) is 2.18. The normalized spacial score (nSPS) is 25.2. The summed E-state index contributed by atoms with van der Waals surface area (Å²) in [4.78, 5) is 17.6. The second-order valence-electron chi connectivity index (χ2n) is 8.74. The van der Waals surface area contributed by atoms with E-state index in [0.29, 0.717) is 11.9 Å². The molecule has 1 aliphatic carbocycles. The van der Waals surface area contributed by atoms with Crippen LogP contribution in [0, 0.1) is 6.92 Å². The largest absolute Gasteiger partial charge is 0.347 e. The van der Waals surface area contributed by atoms with Crippen LogP contribution in [0.25, 0.3) is 0 Å². The SMILES string of the molecule is Cc1ccccc1CN1CC[C@]2(C1)Cn1c(nnc1C(=O)NC1CC1)CN2C. The van der Waals surface area contributed by atoms with Gasteiger partial charge in [0.25, 0.3) is 5.91 Å². The van der Waals surface area contributed by atoms with Crippen LogP contribution in [0.3, 0.4) is 0 Å². The number of hydrogen-bond donors (Lipinski definition) is 1. The second kappa shape index (κ2) is 6.67. The molecule has 3 heterocycles. The van der Waals surface area contributed by atoms with E-state index < -0.39 is 0 Å². The molecule has 1 amide bonds. The molecule has 148 valence electrons. The van der Waals surface area contributed by atoms with Crippen LogP contribution in [-0.4, -0.2) is 62.2 Å². The molecule has 0 radical (unpaired) electrons. The molecule has 7 heteroatoms. The molecule has 0 bridgehead atoms. The van der Waals surface area contributed by atoms with Gasteiger partial charge in [-0.3, -0.25) is 14.6 Å². The second-order valence-corrected chi connectivity index (χ2v) is 8.74. The summed E-state index contributed by atoms with van der Waals surface area (Å²) in [6.07, 6.45) is 3.25. The lowest BCUT2D eigenvalue weighted by molar-refractivity contribution is 0.0648. The number of rotatable bonds is 4. The predicted octanol–water partition coefficient (Wildman–Crippen LogP) is 1.57. The zero-order valence-corrected chi connectivity index (χ0v) is 16.7. The first kappa shape index (κ1) is 17.8. The molecule has 7 nitrogen and oxygen atoms in total. The van der Waals surface area contributed by atoms with Gasteiger partial charge in [0.05, 0.1) is 12.1 Å². The van der Waals surface area contributed by atoms with Crippen LogP contribution in [0.5, 0.6) is 0 Å². The first-order chi connectivity index (χ1) is 13.5. The van der Waals surface area contributed by atoms with Crippen molar-refractivity contribution in [3.8, 4) is 0 Å². The van der Waals surface area contributed by atoms with Crippen LogP contribution >= 0.6 is 0 Å². The Hall–Kier alpha value is -2.25. The number of aromatic nitrogens is 3. The summed E-state index contributed by atoms with van der Waals surface area (Å²) in [6.45, 7) is 6.75. The van der Waals surface area contributed by atoms with E-state index in [0.717, 1.165) is 57.8 Å². The molecule has 1 saturated carbocycles. The Labute approximate surface area is 165 Å². The fourth-order valence-electron chi connectivity index (χ4n) is 4.60. The van der Waals surface area contributed by atoms with E-state index in [1.54, 1.807) is 0 Å². The van der Waals surface area contributed by atoms with E-state index >= 15 is 0 Å². The number of amides is 1. The first-order valence-electron chi connectivity index (χ1n) is 10.3. The molecule has 2 aromatic rings. The molecule has 2 aliphatic heterocycles. The molecular weight excluding hydrogens is 352 g/mol. The lowest BCUT2D eigenvalue weighted by Crippen LogP contribution is -2.55. The van der Waals surface area contributed by atoms with Gasteiger partial charge >= 0.3 is 0 Å². The van der Waals surface area contributed by atoms with Crippen molar-refractivity contribution in [3.05, 3.63) is 47.0 Å². The van der Waals surface area contributed by atoms with Crippen LogP contribution in [0.1, 0.15) is 46.8 Å². The summed E-state index contributed by atoms with van der Waals surface area (Å²) in [5.74, 6) is 1.30. The maximum Gasteiger partial charge on any atom is 0.289 e. The van der Waals surface area contributed by atoms with Crippen molar-refractivity contribution in [2.45, 2.75) is 57.4 Å². The molecular formula is C21H28N6O. The number of carbonyl (C=O) groups is 1. The molecule has 3 aliphatic rings. The Kier molecular flexibility index (Phi) is 4.25. The third-order valence-electron chi connectivity index (χ3n) is 6.65. The summed E-state index contributed by atoms with van der Waals surface area (Å²) >= 11 is 0. The zero-order valence-electron chi connectivity index (χ0n) is 16.7. The average molecular weight is 380 g/mol. The molecule has 2 fully saturated rings. The van der Waals surface area contributed by atoms with Gasteiger partial charge < -0.3 is 9.88 Å². The standard InChI is InChI=1S/C21H28N6O/c1-15-5-3-4-6-16(15)11-26-10-9-21(13-26)14-27-18(12-25(21)2)23-24-19(27)20(28)22-17-7-8-17/h3-6,17H,7-14H2,1-2H3,(H,22,28)/t21-/m0/s1. The van der Waals surface area contributed by atoms with Gasteiger partial charge in [-0.05, 0) is 44.4 Å². The maximum absolute atomic E-state index is 12.6. The van der Waals surface area contributed by atoms with Crippen molar-refractivity contribution in [2.24, 2.45) is 0 Å². The summed E-state index contributed by atoms with van der Waals surface area (Å²) < 4.78 is 2.06. The Balaban J connectivity index is 1.35. The highest BCUT2D eigenvalue weighted by Gasteiger charge is 2.46. The third kappa shape index (κ3) is 3.12. The highest BCUT2D eigenvalue weighted by atomic mass is 16.2. The molecule has 28 heavy (non-hydrogen) atoms. The maximum atomic E-state index is 12.6. The Morgan fingerprint density at radius 1 is 1.25 bits per heavy atom. The molecule has 1 saturated heterocycles. The fourth-order valence-corrected chi connectivity index (χ4v) is 4.60. The molecule has 1 aromatic carbocycles. The van der Waals surface area contributed by atoms with Crippen LogP contribution in [0.15, 0.2) is 24.3 Å². The number of likely N-dealkylation sites (N-methyl/N-ethyl adjacent to an activating group) is 1. The number of nitrogens with one attached hydrogen (secondary N) is 1. The van der Waals surface area contributed by atoms with Crippen LogP contribution in [0.2, 0.25) is 0 Å². The molecule has 5 rings (SSSR count). The molecule has 1 spiro atoms. The number of carbonyl (C=O) groups excluding carboxylic acids is 1. The Morgan fingerprint density at radius 3 is 2.86 bits per heavy atom. The summed E-state index contributed by atoms with van der Waals surface area (Å²) in [6, 6.07) is 8.96. The number of hydrogen-bond acceptors (Lipinski definition) is 5. The van der Waals surface area contributed by atoms with Crippen LogP contribution in [-0.2, 0) is 19.6 Å². The monoisotopic (exact) mass is 380 g/mol. The topological polar surface area (TPSA) is 66.3 Å². The van der Waals surface area contributed by atoms with Crippen LogP contribution < -0.4 is 5.32 Å². The highest BCUT2D eigenvalue weighted by Crippen LogP contribution is 2.35. The number of likely N-dealkylation sites (tertiary alicyclic amines) is 1. The van der Waals surface area contributed by atoms with Gasteiger partial charge in [-0.25, -0.2) is 0 Å². The smallest absolute Gasteiger partial charge is 0.289 e. The van der Waals surface area contributed by atoms with Crippen molar-refractivity contribution in [1.82, 2.24) is 29.9 Å². The minimum atomic E-state index is -0.0734. The number of fused-ring (bicyclic) bond motifs is 1. The van der Waals surface area contributed by atoms with Crippen molar-refractivity contribution in [2.75, 3.05) is 20.1 Å². The first-order valence-corrected chi connectivity index (χ1v) is 10.3. The Bertz CT molecular complexity index is 904. The lowest BCUT2D eigenvalue weighted by atomic mass is 9.94. The fraction of sp³-hybridized carbons (Fsp3) is 0.571. The number of nitrogens with zero attached hydrogens (tertiary/aromatic N) is 5. The van der Waals surface area contributed by atoms with Gasteiger partial charge in [0, 0.05) is 32.2 Å². The molecule has 1 atom stereocenters. The van der Waals surface area contributed by atoms with Gasteiger partial charge in [-0.15, -0.1) is 10.2 Å². The van der Waals surface area contributed by atoms with Gasteiger partial charge in [0.15, 0.2) is 0 Å². The average Bonchev–Trinajstić information content (AvgIpc) is 3.26. The van der Waals surface area contributed by atoms with Crippen molar-refractivity contribution >= 4 is 5.91 Å². The van der Waals surface area contributed by atoms with E-state index in [4.69, 9.17) is 0 Å². The van der Waals surface area contributed by atoms with Crippen molar-refractivity contribution in [3.63, 3.8) is 0 Å². The van der Waals surface area contributed by atoms with E-state index in [1.165, 1.54) is 11.1 Å². The van der Waals surface area contributed by atoms with E-state index in [-0.39, 0.29) is 11.4 Å². The van der Waals surface area contributed by atoms with E-state index in [2.05, 4.69) is 68.1 Å². The predicted molar refractivity (Wildman–Crippen MR) is 106 cm³/mol. The summed E-state index contributed by atoms with van der Waals surface area (Å²) in [5, 5.41) is 11.6. The van der Waals surface area contributed by atoms with Crippen molar-refractivity contribution < 1.29 is 4.79 Å². The molecule has 1 aromatic heterocycles. The minimum absolute atomic E-state index is 0.0344. The number of aryl methyl sites for hydroxylation is 1. The third-order valence-corrected chi connectivity index (χ3v) is 6.65. The van der Waals surface area contributed by atoms with E-state index in [1.807, 2.05) is 0 Å². The van der Waals surface area contributed by atoms with Gasteiger partial charge in [-0.2, -0.15) is 0 Å². The zero-order chi connectivity index (χ0) is 19.3. The summed E-state index contributed by atoms with van der Waals surface area (Å²) in [5.41, 5.74) is 2.78. The van der Waals surface area contributed by atoms with Gasteiger partial charge in [-0.1, -0.05) is 24.3 Å². The van der Waals surface area contributed by atoms with Crippen molar-refractivity contribution in [1.29, 1.82) is 0 Å².